The van der Waals surface area contributed by atoms with Gasteiger partial charge in [-0.25, -0.2) is 0 Å². The molecule has 0 bridgehead atoms. The van der Waals surface area contributed by atoms with Crippen molar-refractivity contribution in [2.24, 2.45) is 11.8 Å². The summed E-state index contributed by atoms with van der Waals surface area (Å²) in [5.41, 5.74) is 0. The molecule has 0 amide bonds. The third kappa shape index (κ3) is 3.38. The van der Waals surface area contributed by atoms with Crippen molar-refractivity contribution < 1.29 is 4.42 Å². The molecule has 1 aromatic rings. The van der Waals surface area contributed by atoms with Gasteiger partial charge in [-0.15, -0.1) is 0 Å². The molecule has 2 rings (SSSR count). The summed E-state index contributed by atoms with van der Waals surface area (Å²) in [7, 11) is 0. The first kappa shape index (κ1) is 13.7. The van der Waals surface area contributed by atoms with Crippen molar-refractivity contribution in [1.82, 2.24) is 5.32 Å². The lowest BCUT2D eigenvalue weighted by Crippen LogP contribution is -2.31. The van der Waals surface area contributed by atoms with Crippen molar-refractivity contribution in [2.75, 3.05) is 13.1 Å². The van der Waals surface area contributed by atoms with Crippen LogP contribution >= 0.6 is 0 Å². The molecule has 0 aliphatic heterocycles. The molecule has 1 heterocycles. The largest absolute Gasteiger partial charge is 0.469 e. The summed E-state index contributed by atoms with van der Waals surface area (Å²) < 4.78 is 5.68. The molecule has 1 aliphatic rings. The normalized spacial score (nSPS) is 28.4. The number of nitrogens with one attached hydrogen (secondary N) is 1. The second-order valence-electron chi connectivity index (χ2n) is 5.66. The Labute approximate surface area is 111 Å². The van der Waals surface area contributed by atoms with Gasteiger partial charge >= 0.3 is 0 Å². The monoisotopic (exact) mass is 249 g/mol. The molecule has 1 aliphatic carbocycles. The molecule has 2 nitrogen and oxygen atoms in total. The van der Waals surface area contributed by atoms with Gasteiger partial charge in [0.1, 0.15) is 5.76 Å². The molecule has 0 aromatic carbocycles. The van der Waals surface area contributed by atoms with Gasteiger partial charge in [-0.2, -0.15) is 0 Å². The summed E-state index contributed by atoms with van der Waals surface area (Å²) in [5, 5.41) is 3.52. The standard InChI is InChI=1S/C16H27NO/c1-3-6-13-8-9-14(12-17-4-2)15(11-13)16-7-5-10-18-16/h5,7,10,13-15,17H,3-4,6,8-9,11-12H2,1-2H3. The van der Waals surface area contributed by atoms with Crippen molar-refractivity contribution in [3.63, 3.8) is 0 Å². The summed E-state index contributed by atoms with van der Waals surface area (Å²) in [4.78, 5) is 0. The SMILES string of the molecule is CCCC1CCC(CNCC)C(c2ccco2)C1. The Kier molecular flexibility index (Phi) is 5.30. The van der Waals surface area contributed by atoms with Crippen molar-refractivity contribution >= 4 is 0 Å². The first-order chi connectivity index (χ1) is 8.85. The van der Waals surface area contributed by atoms with E-state index in [1.807, 2.05) is 12.3 Å². The van der Waals surface area contributed by atoms with E-state index in [1.165, 1.54) is 37.9 Å². The van der Waals surface area contributed by atoms with Crippen LogP contribution in [0.15, 0.2) is 22.8 Å². The van der Waals surface area contributed by atoms with Crippen LogP contribution in [-0.2, 0) is 0 Å². The minimum absolute atomic E-state index is 0.629. The third-order valence-corrected chi connectivity index (χ3v) is 4.36. The van der Waals surface area contributed by atoms with Crippen LogP contribution in [0.1, 0.15) is 57.6 Å². The summed E-state index contributed by atoms with van der Waals surface area (Å²) >= 11 is 0. The van der Waals surface area contributed by atoms with Crippen molar-refractivity contribution in [3.8, 4) is 0 Å². The maximum atomic E-state index is 5.68. The molecule has 102 valence electrons. The molecule has 0 radical (unpaired) electrons. The Balaban J connectivity index is 2.01. The first-order valence-electron chi connectivity index (χ1n) is 7.59. The quantitative estimate of drug-likeness (QED) is 0.818. The molecular formula is C16H27NO. The summed E-state index contributed by atoms with van der Waals surface area (Å²) in [5.74, 6) is 3.50. The van der Waals surface area contributed by atoms with Crippen LogP contribution < -0.4 is 5.32 Å². The second kappa shape index (κ2) is 6.98. The highest BCUT2D eigenvalue weighted by atomic mass is 16.3. The van der Waals surface area contributed by atoms with Crippen LogP contribution in [0.2, 0.25) is 0 Å². The Morgan fingerprint density at radius 3 is 2.89 bits per heavy atom. The van der Waals surface area contributed by atoms with Crippen molar-refractivity contribution in [2.45, 2.75) is 51.9 Å². The highest BCUT2D eigenvalue weighted by Crippen LogP contribution is 2.42. The molecule has 1 aromatic heterocycles. The number of hydrogen-bond acceptors (Lipinski definition) is 2. The van der Waals surface area contributed by atoms with E-state index in [0.29, 0.717) is 5.92 Å². The summed E-state index contributed by atoms with van der Waals surface area (Å²) in [6.45, 7) is 6.69. The van der Waals surface area contributed by atoms with Crippen LogP contribution in [0.25, 0.3) is 0 Å². The fraction of sp³-hybridized carbons (Fsp3) is 0.750. The maximum Gasteiger partial charge on any atom is 0.107 e. The van der Waals surface area contributed by atoms with E-state index in [0.717, 1.165) is 24.9 Å². The van der Waals surface area contributed by atoms with Gasteiger partial charge < -0.3 is 9.73 Å². The molecule has 0 spiro atoms. The smallest absolute Gasteiger partial charge is 0.107 e. The van der Waals surface area contributed by atoms with E-state index in [4.69, 9.17) is 4.42 Å². The minimum Gasteiger partial charge on any atom is -0.469 e. The average Bonchev–Trinajstić information content (AvgIpc) is 2.91. The second-order valence-corrected chi connectivity index (χ2v) is 5.66. The Morgan fingerprint density at radius 1 is 1.33 bits per heavy atom. The van der Waals surface area contributed by atoms with Gasteiger partial charge in [0.2, 0.25) is 0 Å². The molecule has 2 heteroatoms. The molecule has 1 N–H and O–H groups in total. The van der Waals surface area contributed by atoms with Gasteiger partial charge in [0.05, 0.1) is 6.26 Å². The van der Waals surface area contributed by atoms with E-state index in [9.17, 15) is 0 Å². The fourth-order valence-corrected chi connectivity index (χ4v) is 3.42. The van der Waals surface area contributed by atoms with Gasteiger partial charge in [0.15, 0.2) is 0 Å². The van der Waals surface area contributed by atoms with E-state index >= 15 is 0 Å². The van der Waals surface area contributed by atoms with Gasteiger partial charge in [0, 0.05) is 5.92 Å². The topological polar surface area (TPSA) is 25.2 Å². The first-order valence-corrected chi connectivity index (χ1v) is 7.59. The minimum atomic E-state index is 0.629. The Hall–Kier alpha value is -0.760. The lowest BCUT2D eigenvalue weighted by molar-refractivity contribution is 0.201. The Morgan fingerprint density at radius 2 is 2.22 bits per heavy atom. The maximum absolute atomic E-state index is 5.68. The molecule has 3 unspecified atom stereocenters. The molecule has 1 fully saturated rings. The van der Waals surface area contributed by atoms with Gasteiger partial charge in [-0.3, -0.25) is 0 Å². The van der Waals surface area contributed by atoms with Crippen molar-refractivity contribution in [3.05, 3.63) is 24.2 Å². The molecule has 0 saturated heterocycles. The molecule has 18 heavy (non-hydrogen) atoms. The van der Waals surface area contributed by atoms with Crippen LogP contribution in [0, 0.1) is 11.8 Å². The van der Waals surface area contributed by atoms with Gasteiger partial charge in [0.25, 0.3) is 0 Å². The Bertz CT molecular complexity index is 320. The highest BCUT2D eigenvalue weighted by molar-refractivity contribution is 5.09. The molecule has 3 atom stereocenters. The third-order valence-electron chi connectivity index (χ3n) is 4.36. The predicted molar refractivity (Wildman–Crippen MR) is 75.7 cm³/mol. The van der Waals surface area contributed by atoms with Gasteiger partial charge in [-0.05, 0) is 49.9 Å². The number of rotatable bonds is 6. The van der Waals surface area contributed by atoms with Crippen LogP contribution in [0.3, 0.4) is 0 Å². The summed E-state index contributed by atoms with van der Waals surface area (Å²) in [6, 6.07) is 4.20. The van der Waals surface area contributed by atoms with E-state index in [-0.39, 0.29) is 0 Å². The molecule has 1 saturated carbocycles. The average molecular weight is 249 g/mol. The summed E-state index contributed by atoms with van der Waals surface area (Å²) in [6.07, 6.45) is 8.59. The van der Waals surface area contributed by atoms with E-state index < -0.39 is 0 Å². The zero-order valence-corrected chi connectivity index (χ0v) is 11.8. The lowest BCUT2D eigenvalue weighted by atomic mass is 9.71. The van der Waals surface area contributed by atoms with Crippen LogP contribution in [0.5, 0.6) is 0 Å². The van der Waals surface area contributed by atoms with Crippen LogP contribution in [-0.4, -0.2) is 13.1 Å². The highest BCUT2D eigenvalue weighted by Gasteiger charge is 2.32. The van der Waals surface area contributed by atoms with E-state index in [1.54, 1.807) is 0 Å². The zero-order valence-electron chi connectivity index (χ0n) is 11.8. The fourth-order valence-electron chi connectivity index (χ4n) is 3.42. The zero-order chi connectivity index (χ0) is 12.8. The van der Waals surface area contributed by atoms with E-state index in [2.05, 4.69) is 25.2 Å². The predicted octanol–water partition coefficient (Wildman–Crippen LogP) is 4.19. The lowest BCUT2D eigenvalue weighted by Gasteiger charge is -2.35. The molecular weight excluding hydrogens is 222 g/mol. The van der Waals surface area contributed by atoms with Crippen molar-refractivity contribution in [1.29, 1.82) is 0 Å². The number of hydrogen-bond donors (Lipinski definition) is 1. The number of furan rings is 1. The van der Waals surface area contributed by atoms with Gasteiger partial charge in [-0.1, -0.05) is 33.1 Å². The van der Waals surface area contributed by atoms with Crippen LogP contribution in [0.4, 0.5) is 0 Å².